The van der Waals surface area contributed by atoms with Gasteiger partial charge in [0.25, 0.3) is 0 Å². The number of rotatable bonds is 6. The summed E-state index contributed by atoms with van der Waals surface area (Å²) in [6.07, 6.45) is 0. The van der Waals surface area contributed by atoms with E-state index in [0.717, 1.165) is 87.6 Å². The van der Waals surface area contributed by atoms with Crippen molar-refractivity contribution in [2.75, 3.05) is 0 Å². The minimum atomic E-state index is -6.47. The molecule has 480 valence electrons. The Hall–Kier alpha value is -10.1. The van der Waals surface area contributed by atoms with Gasteiger partial charge in [-0.1, -0.05) is 0 Å². The summed E-state index contributed by atoms with van der Waals surface area (Å²) in [6.45, 7) is 22.9. The first-order valence-corrected chi connectivity index (χ1v) is 46.4. The van der Waals surface area contributed by atoms with Crippen molar-refractivity contribution in [2.45, 2.75) is 77.8 Å². The van der Waals surface area contributed by atoms with Gasteiger partial charge in [-0.05, 0) is 0 Å². The second-order valence-electron chi connectivity index (χ2n) is 29.1. The first-order chi connectivity index (χ1) is 47.8. The Morgan fingerprint density at radius 3 is 0.657 bits per heavy atom. The maximum atomic E-state index is 10.0. The van der Waals surface area contributed by atoms with Crippen molar-refractivity contribution in [3.63, 3.8) is 0 Å². The van der Waals surface area contributed by atoms with Gasteiger partial charge in [0, 0.05) is 0 Å². The van der Waals surface area contributed by atoms with Crippen molar-refractivity contribution in [3.8, 4) is 0 Å². The van der Waals surface area contributed by atoms with Crippen LogP contribution < -0.4 is 22.0 Å². The average Bonchev–Trinajstić information content (AvgIpc) is 1.55. The third kappa shape index (κ3) is 8.16. The van der Waals surface area contributed by atoms with Crippen molar-refractivity contribution < 1.29 is 9.70 Å². The molecule has 23 heteroatoms. The van der Waals surface area contributed by atoms with Gasteiger partial charge in [0.2, 0.25) is 0 Å². The molecule has 0 fully saturated rings. The standard InChI is InChI=1S/C76H62Ge2N16O3Si2/c1-75(2,3)98(7,8)96-77(91-67-51-35-19-20-36-52(51)69(91)85-61-45-29-13-14-30-46(45)62(80-61)86-70-54-38-22-21-37-53(54)68(92(70)77)84-60-44-28-12-11-27-43(44)59(79-60)83-67)95-78(97-99(9,10)76(4,5)6)93-71-55-39-23-24-40-56(55)73(93)89-65-49-33-17-18-34-50(49)66(82-65)90-74-58-42-26-25-41-57(58)72(94(74)78)88-64-48-32-16-15-31-47(48)63(81-64)87-71/h11-42H,1-10H3. The molecule has 0 saturated heterocycles. The van der Waals surface area contributed by atoms with Crippen LogP contribution in [0.4, 0.5) is 23.3 Å². The summed E-state index contributed by atoms with van der Waals surface area (Å²) in [5, 5.41) is 5.21. The van der Waals surface area contributed by atoms with E-state index in [2.05, 4.69) is 227 Å². The Labute approximate surface area is 576 Å². The molecule has 8 aliphatic heterocycles. The van der Waals surface area contributed by atoms with Crippen molar-refractivity contribution >= 4 is 158 Å². The van der Waals surface area contributed by atoms with Crippen molar-refractivity contribution in [1.82, 2.24) is 14.1 Å². The molecule has 19 nitrogen and oxygen atoms in total. The number of hydrogen-bond acceptors (Lipinski definition) is 15. The van der Waals surface area contributed by atoms with Crippen LogP contribution in [-0.2, 0) is 9.70 Å². The molecule has 0 saturated carbocycles. The van der Waals surface area contributed by atoms with E-state index in [0.29, 0.717) is 91.9 Å². The van der Waals surface area contributed by atoms with E-state index in [-0.39, 0.29) is 0 Å². The molecule has 20 rings (SSSR count). The first-order valence-electron chi connectivity index (χ1n) is 33.4. The van der Waals surface area contributed by atoms with Gasteiger partial charge in [-0.25, -0.2) is 0 Å². The van der Waals surface area contributed by atoms with Gasteiger partial charge in [0.05, 0.1) is 0 Å². The zero-order chi connectivity index (χ0) is 67.0. The zero-order valence-corrected chi connectivity index (χ0v) is 62.1. The third-order valence-electron chi connectivity index (χ3n) is 21.3. The van der Waals surface area contributed by atoms with Crippen molar-refractivity contribution in [2.24, 2.45) is 59.9 Å². The molecule has 12 heterocycles. The molecule has 8 aromatic carbocycles. The van der Waals surface area contributed by atoms with Gasteiger partial charge in [-0.3, -0.25) is 0 Å². The Morgan fingerprint density at radius 1 is 0.253 bits per heavy atom. The predicted octanol–water partition coefficient (Wildman–Crippen LogP) is 13.8. The first kappa shape index (κ1) is 59.0. The molecular formula is C76H62Ge2N16O3Si2. The molecule has 8 aliphatic rings. The SMILES string of the molecule is CC(C)(C)[Si](C)(C)[O][Ge]1([O][Ge]2([O][Si](C)(C)C(C)(C)C)[n]3c4c5ccccc5c3N=C3N=C(N=c5c6ccccc6c([n]52)=NC2=NC(=N4)c4ccccc42)c2ccccc23)[n]2c3c4ccccc4c2N=C2N=C(N=c4c5ccccc5c([n]41)=NC1=NC(=N3)c3ccccc31)c1ccccc12. The van der Waals surface area contributed by atoms with Crippen LogP contribution in [0.15, 0.2) is 254 Å². The van der Waals surface area contributed by atoms with Crippen molar-refractivity contribution in [3.05, 3.63) is 261 Å². The number of aromatic nitrogens is 4. The van der Waals surface area contributed by atoms with E-state index < -0.39 is 55.5 Å². The Kier molecular flexibility index (Phi) is 12.1. The Balaban J connectivity index is 1.11. The van der Waals surface area contributed by atoms with E-state index >= 15 is 0 Å². The maximum absolute atomic E-state index is 10.0. The van der Waals surface area contributed by atoms with Crippen LogP contribution >= 0.6 is 0 Å². The second-order valence-corrected chi connectivity index (χ2v) is 52.2. The number of nitrogens with zero attached hydrogens (tertiary/aromatic N) is 16. The van der Waals surface area contributed by atoms with Gasteiger partial charge in [-0.15, -0.1) is 0 Å². The van der Waals surface area contributed by atoms with Gasteiger partial charge in [0.1, 0.15) is 0 Å². The van der Waals surface area contributed by atoms with Crippen LogP contribution in [0.5, 0.6) is 0 Å². The minimum absolute atomic E-state index is 0.470. The summed E-state index contributed by atoms with van der Waals surface area (Å²) in [6, 6.07) is 66.3. The van der Waals surface area contributed by atoms with Crippen LogP contribution in [0.25, 0.3) is 43.1 Å². The summed E-state index contributed by atoms with van der Waals surface area (Å²) < 4.78 is 37.6. The van der Waals surface area contributed by atoms with E-state index in [1.165, 1.54) is 0 Å². The predicted molar refractivity (Wildman–Crippen MR) is 400 cm³/mol. The fraction of sp³-hybridized carbons (Fsp3) is 0.158. The van der Waals surface area contributed by atoms with Gasteiger partial charge >= 0.3 is 581 Å². The Morgan fingerprint density at radius 2 is 0.444 bits per heavy atom. The molecule has 4 aromatic heterocycles. The van der Waals surface area contributed by atoms with E-state index in [4.69, 9.17) is 59.9 Å². The average molecular weight is 1450 g/mol. The molecule has 0 N–H and O–H groups in total. The van der Waals surface area contributed by atoms with Crippen molar-refractivity contribution in [1.29, 1.82) is 0 Å². The number of aliphatic imine (C=N–C) groups is 8. The number of hydrogen-bond donors (Lipinski definition) is 0. The molecule has 2 atom stereocenters. The molecule has 0 spiro atoms. The quantitative estimate of drug-likeness (QED) is 0.150. The van der Waals surface area contributed by atoms with Gasteiger partial charge in [0.15, 0.2) is 0 Å². The molecule has 0 amide bonds. The summed E-state index contributed by atoms with van der Waals surface area (Å²) >= 11 is -12.9. The van der Waals surface area contributed by atoms with Crippen LogP contribution in [0.1, 0.15) is 86.1 Å². The summed E-state index contributed by atoms with van der Waals surface area (Å²) in [4.78, 5) is 70.1. The van der Waals surface area contributed by atoms with E-state index in [9.17, 15) is 9.70 Å². The number of benzene rings is 8. The van der Waals surface area contributed by atoms with Gasteiger partial charge in [-0.2, -0.15) is 0 Å². The fourth-order valence-electron chi connectivity index (χ4n) is 14.4. The van der Waals surface area contributed by atoms with Crippen LogP contribution in [-0.4, -0.2) is 106 Å². The number of amidine groups is 8. The monoisotopic (exact) mass is 1450 g/mol. The van der Waals surface area contributed by atoms with Crippen LogP contribution in [0, 0.1) is 0 Å². The van der Waals surface area contributed by atoms with E-state index in [1.54, 1.807) is 0 Å². The van der Waals surface area contributed by atoms with Gasteiger partial charge < -0.3 is 0 Å². The molecule has 12 bridgehead atoms. The molecule has 0 aliphatic carbocycles. The summed E-state index contributed by atoms with van der Waals surface area (Å²) in [5.41, 5.74) is 8.59. The molecule has 12 aromatic rings. The van der Waals surface area contributed by atoms with E-state index in [1.807, 2.05) is 48.5 Å². The summed E-state index contributed by atoms with van der Waals surface area (Å²) in [7, 11) is -6.88. The van der Waals surface area contributed by atoms with Crippen LogP contribution in [0.2, 0.25) is 36.3 Å². The zero-order valence-electron chi connectivity index (χ0n) is 55.9. The summed E-state index contributed by atoms with van der Waals surface area (Å²) in [5.74, 6) is 5.79. The van der Waals surface area contributed by atoms with Crippen LogP contribution in [0.3, 0.4) is 0 Å². The third-order valence-corrected chi connectivity index (χ3v) is 55.1. The molecule has 2 unspecified atom stereocenters. The fourth-order valence-corrected chi connectivity index (χ4v) is 52.0. The second kappa shape index (κ2) is 20.3. The molecule has 0 radical (unpaired) electrons. The molecular weight excluding hydrogens is 1390 g/mol. The number of fused-ring (bicyclic) bond motifs is 28. The topological polar surface area (TPSA) is 196 Å². The Bertz CT molecular complexity index is 5630. The molecule has 99 heavy (non-hydrogen) atoms. The normalized spacial score (nSPS) is 19.0.